The molecule has 0 saturated heterocycles. The van der Waals surface area contributed by atoms with Gasteiger partial charge in [-0.3, -0.25) is 4.79 Å². The van der Waals surface area contributed by atoms with Crippen LogP contribution < -0.4 is 11.2 Å². The fourth-order valence-electron chi connectivity index (χ4n) is 2.32. The lowest BCUT2D eigenvalue weighted by molar-refractivity contribution is 1.50. The first-order valence-electron chi connectivity index (χ1n) is 5.86. The number of anilines is 1. The third-order valence-electron chi connectivity index (χ3n) is 3.19. The fraction of sp³-hybridized carbons (Fsp3) is 0. The first kappa shape index (κ1) is 11.2. The van der Waals surface area contributed by atoms with E-state index < -0.39 is 0 Å². The van der Waals surface area contributed by atoms with Gasteiger partial charge < -0.3 is 5.73 Å². The largest absolute Gasteiger partial charge is 0.399 e. The van der Waals surface area contributed by atoms with Crippen LogP contribution in [0.4, 0.5) is 5.69 Å². The van der Waals surface area contributed by atoms with Crippen molar-refractivity contribution in [2.24, 2.45) is 0 Å². The van der Waals surface area contributed by atoms with Crippen LogP contribution in [0.1, 0.15) is 5.56 Å². The molecule has 0 atom stereocenters. The van der Waals surface area contributed by atoms with E-state index in [0.29, 0.717) is 27.4 Å². The quantitative estimate of drug-likeness (QED) is 0.620. The van der Waals surface area contributed by atoms with Crippen molar-refractivity contribution in [2.45, 2.75) is 0 Å². The van der Waals surface area contributed by atoms with Gasteiger partial charge in [-0.2, -0.15) is 5.26 Å². The summed E-state index contributed by atoms with van der Waals surface area (Å²) in [6.45, 7) is 0. The van der Waals surface area contributed by atoms with Gasteiger partial charge in [-0.1, -0.05) is 36.4 Å². The fourth-order valence-corrected chi connectivity index (χ4v) is 2.32. The number of benzene rings is 2. The van der Waals surface area contributed by atoms with Crippen molar-refractivity contribution in [3.05, 3.63) is 64.3 Å². The van der Waals surface area contributed by atoms with Crippen LogP contribution in [-0.2, 0) is 0 Å². The topological polar surface area (TPSA) is 66.9 Å². The Morgan fingerprint density at radius 1 is 1.00 bits per heavy atom. The molecule has 0 amide bonds. The van der Waals surface area contributed by atoms with Crippen LogP contribution in [-0.4, -0.2) is 0 Å². The molecule has 3 nitrogen and oxygen atoms in total. The molecular formula is C16H10N2O. The Kier molecular flexibility index (Phi) is 2.43. The second-order valence-electron chi connectivity index (χ2n) is 4.39. The van der Waals surface area contributed by atoms with Gasteiger partial charge in [-0.15, -0.1) is 0 Å². The van der Waals surface area contributed by atoms with E-state index in [-0.39, 0.29) is 5.43 Å². The zero-order valence-corrected chi connectivity index (χ0v) is 10.1. The highest BCUT2D eigenvalue weighted by Gasteiger charge is 2.07. The van der Waals surface area contributed by atoms with Crippen LogP contribution in [0.25, 0.3) is 21.5 Å². The first-order valence-corrected chi connectivity index (χ1v) is 5.86. The van der Waals surface area contributed by atoms with Crippen LogP contribution in [0, 0.1) is 11.3 Å². The number of nitriles is 1. The Labute approximate surface area is 109 Å². The van der Waals surface area contributed by atoms with E-state index in [9.17, 15) is 10.1 Å². The molecule has 0 unspecified atom stereocenters. The number of hydrogen-bond acceptors (Lipinski definition) is 3. The molecule has 3 rings (SSSR count). The predicted octanol–water partition coefficient (Wildman–Crippen LogP) is 2.81. The van der Waals surface area contributed by atoms with Gasteiger partial charge in [-0.25, -0.2) is 0 Å². The maximum Gasteiger partial charge on any atom is 0.195 e. The molecule has 0 aromatic heterocycles. The van der Waals surface area contributed by atoms with Gasteiger partial charge in [0.25, 0.3) is 0 Å². The molecule has 0 aliphatic carbocycles. The van der Waals surface area contributed by atoms with Gasteiger partial charge in [-0.05, 0) is 22.9 Å². The lowest BCUT2D eigenvalue weighted by Gasteiger charge is -1.98. The average Bonchev–Trinajstić information content (AvgIpc) is 2.56. The summed E-state index contributed by atoms with van der Waals surface area (Å²) in [5, 5.41) is 11.8. The maximum atomic E-state index is 12.6. The summed E-state index contributed by atoms with van der Waals surface area (Å²) in [6.07, 6.45) is 0. The van der Waals surface area contributed by atoms with Crippen molar-refractivity contribution >= 4 is 27.2 Å². The zero-order chi connectivity index (χ0) is 13.4. The second kappa shape index (κ2) is 4.11. The van der Waals surface area contributed by atoms with E-state index in [2.05, 4.69) is 6.07 Å². The Balaban J connectivity index is 2.69. The molecular weight excluding hydrogens is 236 g/mol. The minimum absolute atomic E-state index is 0.132. The van der Waals surface area contributed by atoms with Crippen molar-refractivity contribution < 1.29 is 0 Å². The van der Waals surface area contributed by atoms with Crippen LogP contribution in [0.3, 0.4) is 0 Å². The van der Waals surface area contributed by atoms with E-state index in [1.54, 1.807) is 18.2 Å². The highest BCUT2D eigenvalue weighted by molar-refractivity contribution is 5.97. The minimum atomic E-state index is -0.132. The van der Waals surface area contributed by atoms with Crippen molar-refractivity contribution in [3.8, 4) is 6.07 Å². The van der Waals surface area contributed by atoms with Gasteiger partial charge in [0.2, 0.25) is 0 Å². The average molecular weight is 246 g/mol. The number of rotatable bonds is 0. The molecule has 0 fully saturated rings. The highest BCUT2D eigenvalue weighted by atomic mass is 16.1. The van der Waals surface area contributed by atoms with E-state index in [0.717, 1.165) is 5.39 Å². The van der Waals surface area contributed by atoms with E-state index in [4.69, 9.17) is 5.73 Å². The molecule has 3 aromatic carbocycles. The molecule has 0 aliphatic heterocycles. The van der Waals surface area contributed by atoms with Gasteiger partial charge in [0, 0.05) is 16.5 Å². The van der Waals surface area contributed by atoms with Gasteiger partial charge >= 0.3 is 0 Å². The van der Waals surface area contributed by atoms with Crippen molar-refractivity contribution in [1.82, 2.24) is 0 Å². The smallest absolute Gasteiger partial charge is 0.195 e. The molecule has 3 heteroatoms. The van der Waals surface area contributed by atoms with E-state index in [1.807, 2.05) is 30.3 Å². The first-order chi connectivity index (χ1) is 9.20. The lowest BCUT2D eigenvalue weighted by Crippen LogP contribution is -2.01. The van der Waals surface area contributed by atoms with Crippen LogP contribution >= 0.6 is 0 Å². The molecule has 90 valence electrons. The van der Waals surface area contributed by atoms with Crippen molar-refractivity contribution in [2.75, 3.05) is 5.73 Å². The molecule has 0 radical (unpaired) electrons. The maximum absolute atomic E-state index is 12.6. The van der Waals surface area contributed by atoms with Crippen molar-refractivity contribution in [3.63, 3.8) is 0 Å². The Morgan fingerprint density at radius 3 is 2.53 bits per heavy atom. The third kappa shape index (κ3) is 1.71. The van der Waals surface area contributed by atoms with E-state index >= 15 is 0 Å². The van der Waals surface area contributed by atoms with Crippen molar-refractivity contribution in [1.29, 1.82) is 5.26 Å². The molecule has 0 spiro atoms. The molecule has 0 bridgehead atoms. The molecule has 19 heavy (non-hydrogen) atoms. The van der Waals surface area contributed by atoms with Gasteiger partial charge in [0.05, 0.1) is 11.6 Å². The SMILES string of the molecule is N#Cc1cc(N)cc2ccc3ccccc3c(=O)c12. The summed E-state index contributed by atoms with van der Waals surface area (Å²) in [7, 11) is 0. The Hall–Kier alpha value is -2.86. The number of hydrogen-bond donors (Lipinski definition) is 1. The summed E-state index contributed by atoms with van der Waals surface area (Å²) in [4.78, 5) is 12.6. The monoisotopic (exact) mass is 246 g/mol. The van der Waals surface area contributed by atoms with Crippen LogP contribution in [0.15, 0.2) is 53.3 Å². The number of nitrogens with two attached hydrogens (primary N) is 1. The standard InChI is InChI=1S/C16H10N2O/c17-9-12-8-13(18)7-11-6-5-10-3-1-2-4-14(10)16(19)15(11)12/h1-8H,18H2. The predicted molar refractivity (Wildman–Crippen MR) is 76.9 cm³/mol. The Morgan fingerprint density at radius 2 is 1.74 bits per heavy atom. The lowest BCUT2D eigenvalue weighted by atomic mass is 10.1. The summed E-state index contributed by atoms with van der Waals surface area (Å²) in [5.74, 6) is 0. The zero-order valence-electron chi connectivity index (χ0n) is 10.1. The normalized spacial score (nSPS) is 10.5. The second-order valence-corrected chi connectivity index (χ2v) is 4.39. The molecule has 3 aromatic rings. The molecule has 0 aliphatic rings. The summed E-state index contributed by atoms with van der Waals surface area (Å²) in [6, 6.07) is 16.4. The number of nitrogen functional groups attached to an aromatic ring is 1. The van der Waals surface area contributed by atoms with Gasteiger partial charge in [0.15, 0.2) is 5.43 Å². The number of fused-ring (bicyclic) bond motifs is 2. The Bertz CT molecular complexity index is 908. The summed E-state index contributed by atoms with van der Waals surface area (Å²) >= 11 is 0. The van der Waals surface area contributed by atoms with E-state index in [1.165, 1.54) is 0 Å². The number of nitrogens with zero attached hydrogens (tertiary/aromatic N) is 1. The van der Waals surface area contributed by atoms with Crippen LogP contribution in [0.5, 0.6) is 0 Å². The summed E-state index contributed by atoms with van der Waals surface area (Å²) in [5.41, 5.74) is 6.44. The highest BCUT2D eigenvalue weighted by Crippen LogP contribution is 2.21. The molecule has 2 N–H and O–H groups in total. The molecule has 0 heterocycles. The van der Waals surface area contributed by atoms with Crippen LogP contribution in [0.2, 0.25) is 0 Å². The van der Waals surface area contributed by atoms with Gasteiger partial charge in [0.1, 0.15) is 0 Å². The summed E-state index contributed by atoms with van der Waals surface area (Å²) < 4.78 is 0. The third-order valence-corrected chi connectivity index (χ3v) is 3.19. The minimum Gasteiger partial charge on any atom is -0.399 e. The molecule has 0 saturated carbocycles.